The molecule has 1 aromatic carbocycles. The van der Waals surface area contributed by atoms with Gasteiger partial charge in [0.15, 0.2) is 5.17 Å². The zero-order valence-electron chi connectivity index (χ0n) is 10.00. The van der Waals surface area contributed by atoms with Crippen molar-refractivity contribution in [1.29, 1.82) is 0 Å². The van der Waals surface area contributed by atoms with Crippen LogP contribution in [0.4, 0.5) is 0 Å². The summed E-state index contributed by atoms with van der Waals surface area (Å²) in [7, 11) is 0. The first-order chi connectivity index (χ1) is 9.28. The lowest BCUT2D eigenvalue weighted by atomic mass is 10.2. The number of nitrogens with zero attached hydrogens (tertiary/aromatic N) is 2. The van der Waals surface area contributed by atoms with Gasteiger partial charge in [-0.15, -0.1) is 11.5 Å². The average molecular weight is 273 g/mol. The molecule has 1 heterocycles. The second-order valence-electron chi connectivity index (χ2n) is 3.55. The zero-order valence-corrected chi connectivity index (χ0v) is 10.8. The molecule has 0 unspecified atom stereocenters. The Morgan fingerprint density at radius 3 is 2.89 bits per heavy atom. The number of terminal acetylenes is 1. The highest BCUT2D eigenvalue weighted by Gasteiger charge is 2.15. The van der Waals surface area contributed by atoms with Crippen LogP contribution in [-0.4, -0.2) is 29.6 Å². The van der Waals surface area contributed by atoms with Crippen LogP contribution < -0.4 is 10.1 Å². The van der Waals surface area contributed by atoms with E-state index in [0.29, 0.717) is 16.7 Å². The number of ether oxygens (including phenoxy) is 1. The van der Waals surface area contributed by atoms with Crippen molar-refractivity contribution >= 4 is 29.1 Å². The van der Waals surface area contributed by atoms with E-state index >= 15 is 0 Å². The highest BCUT2D eigenvalue weighted by atomic mass is 32.2. The molecule has 19 heavy (non-hydrogen) atoms. The third-order valence-electron chi connectivity index (χ3n) is 2.14. The Balaban J connectivity index is 1.92. The number of benzene rings is 1. The predicted octanol–water partition coefficient (Wildman–Crippen LogP) is 1.25. The molecule has 0 atom stereocenters. The number of hydrogen-bond acceptors (Lipinski definition) is 5. The van der Waals surface area contributed by atoms with Crippen molar-refractivity contribution in [3.8, 4) is 18.1 Å². The van der Waals surface area contributed by atoms with Gasteiger partial charge >= 0.3 is 0 Å². The van der Waals surface area contributed by atoms with E-state index < -0.39 is 0 Å². The van der Waals surface area contributed by atoms with E-state index in [4.69, 9.17) is 11.2 Å². The third kappa shape index (κ3) is 4.16. The fourth-order valence-corrected chi connectivity index (χ4v) is 1.93. The molecular formula is C13H11N3O2S. The van der Waals surface area contributed by atoms with Crippen molar-refractivity contribution in [2.45, 2.75) is 0 Å². The molecule has 1 aromatic rings. The van der Waals surface area contributed by atoms with Crippen LogP contribution in [0.25, 0.3) is 0 Å². The van der Waals surface area contributed by atoms with E-state index in [-0.39, 0.29) is 12.5 Å². The van der Waals surface area contributed by atoms with Gasteiger partial charge in [-0.05, 0) is 29.8 Å². The minimum atomic E-state index is -0.0473. The van der Waals surface area contributed by atoms with Gasteiger partial charge in [-0.3, -0.25) is 4.79 Å². The van der Waals surface area contributed by atoms with Crippen LogP contribution >= 0.6 is 11.8 Å². The Kier molecular flexibility index (Phi) is 4.59. The van der Waals surface area contributed by atoms with Gasteiger partial charge in [0, 0.05) is 0 Å². The first-order valence-corrected chi connectivity index (χ1v) is 6.46. The first kappa shape index (κ1) is 13.2. The summed E-state index contributed by atoms with van der Waals surface area (Å²) in [5, 5.41) is 10.9. The molecular weight excluding hydrogens is 262 g/mol. The largest absolute Gasteiger partial charge is 0.481 e. The molecule has 0 radical (unpaired) electrons. The number of amidine groups is 1. The number of hydrogen-bond donors (Lipinski definition) is 1. The topological polar surface area (TPSA) is 63.1 Å². The summed E-state index contributed by atoms with van der Waals surface area (Å²) < 4.78 is 5.25. The number of carbonyl (C=O) groups excluding carboxylic acids is 1. The summed E-state index contributed by atoms with van der Waals surface area (Å²) in [6.45, 7) is 0.248. The molecule has 0 bridgehead atoms. The Labute approximate surface area is 115 Å². The van der Waals surface area contributed by atoms with E-state index in [1.165, 1.54) is 11.8 Å². The zero-order chi connectivity index (χ0) is 13.5. The maximum absolute atomic E-state index is 10.9. The standard InChI is InChI=1S/C13H11N3O2S/c1-2-7-18-11-5-3-10(4-6-11)8-14-16-13-15-12(17)9-19-13/h1,3-6,8H,7,9H2,(H,15,16,17). The molecule has 1 aliphatic heterocycles. The molecule has 0 aromatic heterocycles. The number of nitrogens with one attached hydrogen (secondary N) is 1. The van der Waals surface area contributed by atoms with E-state index in [0.717, 1.165) is 5.56 Å². The van der Waals surface area contributed by atoms with Gasteiger partial charge in [-0.2, -0.15) is 5.10 Å². The molecule has 0 saturated carbocycles. The quantitative estimate of drug-likeness (QED) is 0.510. The minimum Gasteiger partial charge on any atom is -0.481 e. The molecule has 0 spiro atoms. The fourth-order valence-electron chi connectivity index (χ4n) is 1.30. The molecule has 1 aliphatic rings. The van der Waals surface area contributed by atoms with Crippen molar-refractivity contribution < 1.29 is 9.53 Å². The molecule has 6 heteroatoms. The lowest BCUT2D eigenvalue weighted by Gasteiger charge is -2.01. The number of amides is 1. The summed E-state index contributed by atoms with van der Waals surface area (Å²) in [5.41, 5.74) is 0.881. The maximum atomic E-state index is 10.9. The molecule has 2 rings (SSSR count). The SMILES string of the molecule is C#CCOc1ccc(C=NN=C2NC(=O)CS2)cc1. The molecule has 96 valence electrons. The molecule has 5 nitrogen and oxygen atoms in total. The van der Waals surface area contributed by atoms with Crippen LogP contribution in [0.2, 0.25) is 0 Å². The van der Waals surface area contributed by atoms with Crippen LogP contribution in [0.5, 0.6) is 5.75 Å². The van der Waals surface area contributed by atoms with Crippen molar-refractivity contribution in [1.82, 2.24) is 5.32 Å². The lowest BCUT2D eigenvalue weighted by molar-refractivity contribution is -0.116. The first-order valence-electron chi connectivity index (χ1n) is 5.48. The number of carbonyl (C=O) groups is 1. The van der Waals surface area contributed by atoms with Crippen LogP contribution in [0.1, 0.15) is 5.56 Å². The van der Waals surface area contributed by atoms with Crippen LogP contribution in [0.15, 0.2) is 34.5 Å². The molecule has 1 amide bonds. The number of rotatable bonds is 4. The van der Waals surface area contributed by atoms with Crippen molar-refractivity contribution in [2.75, 3.05) is 12.4 Å². The molecule has 1 fully saturated rings. The normalized spacial score (nSPS) is 16.6. The molecule has 1 saturated heterocycles. The summed E-state index contributed by atoms with van der Waals surface area (Å²) in [6, 6.07) is 7.29. The Bertz CT molecular complexity index is 558. The van der Waals surface area contributed by atoms with Gasteiger partial charge in [0.2, 0.25) is 5.91 Å². The van der Waals surface area contributed by atoms with Gasteiger partial charge in [0.1, 0.15) is 12.4 Å². The third-order valence-corrected chi connectivity index (χ3v) is 3.01. The van der Waals surface area contributed by atoms with E-state index in [9.17, 15) is 4.79 Å². The Morgan fingerprint density at radius 2 is 2.26 bits per heavy atom. The minimum absolute atomic E-state index is 0.0473. The van der Waals surface area contributed by atoms with Gasteiger partial charge in [-0.1, -0.05) is 17.7 Å². The smallest absolute Gasteiger partial charge is 0.236 e. The van der Waals surface area contributed by atoms with E-state index in [1.807, 2.05) is 12.1 Å². The van der Waals surface area contributed by atoms with Crippen LogP contribution in [-0.2, 0) is 4.79 Å². The van der Waals surface area contributed by atoms with Crippen molar-refractivity contribution in [3.63, 3.8) is 0 Å². The lowest BCUT2D eigenvalue weighted by Crippen LogP contribution is -2.19. The summed E-state index contributed by atoms with van der Waals surface area (Å²) in [6.07, 6.45) is 6.70. The summed E-state index contributed by atoms with van der Waals surface area (Å²) in [4.78, 5) is 10.9. The maximum Gasteiger partial charge on any atom is 0.236 e. The second-order valence-corrected chi connectivity index (χ2v) is 4.51. The summed E-state index contributed by atoms with van der Waals surface area (Å²) >= 11 is 1.33. The van der Waals surface area contributed by atoms with Gasteiger partial charge in [0.05, 0.1) is 12.0 Å². The summed E-state index contributed by atoms with van der Waals surface area (Å²) in [5.74, 6) is 3.46. The Hall–Kier alpha value is -2.26. The van der Waals surface area contributed by atoms with E-state index in [2.05, 4.69) is 21.4 Å². The van der Waals surface area contributed by atoms with Gasteiger partial charge in [0.25, 0.3) is 0 Å². The van der Waals surface area contributed by atoms with Crippen molar-refractivity contribution in [2.24, 2.45) is 10.2 Å². The number of thioether (sulfide) groups is 1. The molecule has 0 aliphatic carbocycles. The van der Waals surface area contributed by atoms with E-state index in [1.54, 1.807) is 18.3 Å². The van der Waals surface area contributed by atoms with Gasteiger partial charge in [-0.25, -0.2) is 0 Å². The Morgan fingerprint density at radius 1 is 1.47 bits per heavy atom. The molecule has 1 N–H and O–H groups in total. The fraction of sp³-hybridized carbons (Fsp3) is 0.154. The average Bonchev–Trinajstić information content (AvgIpc) is 2.84. The highest BCUT2D eigenvalue weighted by Crippen LogP contribution is 2.11. The monoisotopic (exact) mass is 273 g/mol. The second kappa shape index (κ2) is 6.61. The van der Waals surface area contributed by atoms with Crippen molar-refractivity contribution in [3.05, 3.63) is 29.8 Å². The van der Waals surface area contributed by atoms with Crippen LogP contribution in [0, 0.1) is 12.3 Å². The highest BCUT2D eigenvalue weighted by molar-refractivity contribution is 8.15. The predicted molar refractivity (Wildman–Crippen MR) is 76.4 cm³/mol. The van der Waals surface area contributed by atoms with Crippen LogP contribution in [0.3, 0.4) is 0 Å². The van der Waals surface area contributed by atoms with Gasteiger partial charge < -0.3 is 10.1 Å².